The first kappa shape index (κ1) is 16.0. The Morgan fingerprint density at radius 1 is 1.05 bits per heavy atom. The molecule has 0 atom stereocenters. The molecule has 2 aliphatic rings. The predicted octanol–water partition coefficient (Wildman–Crippen LogP) is 2.56. The van der Waals surface area contributed by atoms with Crippen molar-refractivity contribution < 1.29 is 17.9 Å². The summed E-state index contributed by atoms with van der Waals surface area (Å²) in [6.07, 6.45) is 2.84. The van der Waals surface area contributed by atoms with Crippen LogP contribution in [0, 0.1) is 0 Å². The first-order valence-electron chi connectivity index (χ1n) is 7.67. The number of rotatable bonds is 6. The third-order valence-electron chi connectivity index (χ3n) is 4.18. The van der Waals surface area contributed by atoms with Crippen molar-refractivity contribution in [3.63, 3.8) is 0 Å². The molecule has 0 amide bonds. The van der Waals surface area contributed by atoms with Crippen molar-refractivity contribution in [2.24, 2.45) is 0 Å². The van der Waals surface area contributed by atoms with Crippen molar-refractivity contribution in [1.82, 2.24) is 10.2 Å². The Labute approximate surface area is 118 Å². The summed E-state index contributed by atoms with van der Waals surface area (Å²) in [6.45, 7) is 1.81. The van der Waals surface area contributed by atoms with E-state index in [0.717, 1.165) is 19.4 Å². The Bertz CT molecular complexity index is 272. The second kappa shape index (κ2) is 7.61. The van der Waals surface area contributed by atoms with Gasteiger partial charge in [0.1, 0.15) is 0 Å². The molecule has 1 heterocycles. The van der Waals surface area contributed by atoms with Crippen LogP contribution in [-0.2, 0) is 4.74 Å². The van der Waals surface area contributed by atoms with Crippen molar-refractivity contribution in [1.29, 1.82) is 0 Å². The van der Waals surface area contributed by atoms with Gasteiger partial charge in [-0.3, -0.25) is 4.90 Å². The van der Waals surface area contributed by atoms with Crippen LogP contribution in [0.5, 0.6) is 0 Å². The van der Waals surface area contributed by atoms with Crippen molar-refractivity contribution in [2.75, 3.05) is 32.8 Å². The minimum atomic E-state index is -4.07. The lowest BCUT2D eigenvalue weighted by Gasteiger charge is -2.32. The van der Waals surface area contributed by atoms with Gasteiger partial charge in [-0.2, -0.15) is 13.2 Å². The molecule has 1 saturated heterocycles. The molecular formula is C14H25F3N2O. The van der Waals surface area contributed by atoms with Crippen LogP contribution in [0.4, 0.5) is 13.2 Å². The molecule has 6 heteroatoms. The van der Waals surface area contributed by atoms with Crippen molar-refractivity contribution in [3.05, 3.63) is 0 Å². The normalized spacial score (nSPS) is 23.6. The molecule has 0 radical (unpaired) electrons. The van der Waals surface area contributed by atoms with Gasteiger partial charge in [0.2, 0.25) is 0 Å². The van der Waals surface area contributed by atoms with E-state index >= 15 is 0 Å². The monoisotopic (exact) mass is 294 g/mol. The molecule has 0 aromatic rings. The average Bonchev–Trinajstić information content (AvgIpc) is 2.88. The van der Waals surface area contributed by atoms with E-state index in [-0.39, 0.29) is 0 Å². The Morgan fingerprint density at radius 2 is 1.70 bits per heavy atom. The van der Waals surface area contributed by atoms with Gasteiger partial charge in [-0.25, -0.2) is 0 Å². The maximum Gasteiger partial charge on any atom is 0.401 e. The molecule has 0 bridgehead atoms. The largest absolute Gasteiger partial charge is 0.401 e. The molecule has 0 unspecified atom stereocenters. The van der Waals surface area contributed by atoms with Gasteiger partial charge < -0.3 is 10.1 Å². The Morgan fingerprint density at radius 3 is 2.30 bits per heavy atom. The summed E-state index contributed by atoms with van der Waals surface area (Å²) in [6, 6.07) is 0.340. The van der Waals surface area contributed by atoms with E-state index in [1.54, 1.807) is 0 Å². The number of halogens is 3. The zero-order valence-electron chi connectivity index (χ0n) is 11.9. The zero-order valence-corrected chi connectivity index (χ0v) is 11.9. The van der Waals surface area contributed by atoms with Crippen molar-refractivity contribution >= 4 is 0 Å². The van der Waals surface area contributed by atoms with E-state index < -0.39 is 12.7 Å². The van der Waals surface area contributed by atoms with Gasteiger partial charge in [-0.05, 0) is 38.8 Å². The zero-order chi connectivity index (χ0) is 14.4. The second-order valence-corrected chi connectivity index (χ2v) is 5.90. The van der Waals surface area contributed by atoms with Crippen LogP contribution >= 0.6 is 0 Å². The van der Waals surface area contributed by atoms with E-state index in [1.807, 2.05) is 0 Å². The lowest BCUT2D eigenvalue weighted by atomic mass is 10.1. The predicted molar refractivity (Wildman–Crippen MR) is 71.7 cm³/mol. The highest BCUT2D eigenvalue weighted by molar-refractivity contribution is 4.78. The highest BCUT2D eigenvalue weighted by Gasteiger charge is 2.32. The molecule has 0 aromatic carbocycles. The number of hydrogen-bond acceptors (Lipinski definition) is 3. The molecule has 2 fully saturated rings. The van der Waals surface area contributed by atoms with Crippen molar-refractivity contribution in [3.8, 4) is 0 Å². The van der Waals surface area contributed by atoms with Crippen LogP contribution in [0.1, 0.15) is 38.5 Å². The summed E-state index contributed by atoms with van der Waals surface area (Å²) in [5.41, 5.74) is 0. The summed E-state index contributed by atoms with van der Waals surface area (Å²) >= 11 is 0. The summed E-state index contributed by atoms with van der Waals surface area (Å²) < 4.78 is 42.5. The van der Waals surface area contributed by atoms with Gasteiger partial charge in [-0.1, -0.05) is 12.8 Å². The van der Waals surface area contributed by atoms with Gasteiger partial charge in [0.05, 0.1) is 19.3 Å². The van der Waals surface area contributed by atoms with Gasteiger partial charge in [0.25, 0.3) is 0 Å². The SMILES string of the molecule is FC(F)(F)CN1CCC(NCCOC2CCCC2)CC1. The van der Waals surface area contributed by atoms with Gasteiger partial charge in [0.15, 0.2) is 0 Å². The first-order valence-corrected chi connectivity index (χ1v) is 7.67. The molecule has 0 spiro atoms. The molecule has 1 aliphatic heterocycles. The fraction of sp³-hybridized carbons (Fsp3) is 1.00. The lowest BCUT2D eigenvalue weighted by molar-refractivity contribution is -0.148. The summed E-state index contributed by atoms with van der Waals surface area (Å²) in [5.74, 6) is 0. The molecule has 3 nitrogen and oxygen atoms in total. The summed E-state index contributed by atoms with van der Waals surface area (Å²) in [5, 5.41) is 3.40. The fourth-order valence-corrected chi connectivity index (χ4v) is 3.09. The molecule has 1 saturated carbocycles. The van der Waals surface area contributed by atoms with Crippen LogP contribution in [0.2, 0.25) is 0 Å². The van der Waals surface area contributed by atoms with E-state index in [9.17, 15) is 13.2 Å². The van der Waals surface area contributed by atoms with E-state index in [0.29, 0.717) is 31.8 Å². The molecular weight excluding hydrogens is 269 g/mol. The van der Waals surface area contributed by atoms with Crippen LogP contribution < -0.4 is 5.32 Å². The molecule has 118 valence electrons. The van der Waals surface area contributed by atoms with Gasteiger partial charge in [-0.15, -0.1) is 0 Å². The minimum Gasteiger partial charge on any atom is -0.377 e. The molecule has 1 aliphatic carbocycles. The second-order valence-electron chi connectivity index (χ2n) is 5.90. The standard InChI is InChI=1S/C14H25F3N2O/c15-14(16,17)11-19-8-5-12(6-9-19)18-7-10-20-13-3-1-2-4-13/h12-13,18H,1-11H2. The fourth-order valence-electron chi connectivity index (χ4n) is 3.09. The third kappa shape index (κ3) is 5.97. The highest BCUT2D eigenvalue weighted by atomic mass is 19.4. The quantitative estimate of drug-likeness (QED) is 0.762. The minimum absolute atomic E-state index is 0.340. The topological polar surface area (TPSA) is 24.5 Å². The molecule has 0 aromatic heterocycles. The van der Waals surface area contributed by atoms with E-state index in [1.165, 1.54) is 30.6 Å². The number of piperidine rings is 1. The summed E-state index contributed by atoms with van der Waals surface area (Å²) in [7, 11) is 0. The maximum atomic E-state index is 12.3. The molecule has 20 heavy (non-hydrogen) atoms. The van der Waals surface area contributed by atoms with Crippen LogP contribution in [-0.4, -0.2) is 56.0 Å². The molecule has 2 rings (SSSR count). The number of nitrogens with zero attached hydrogens (tertiary/aromatic N) is 1. The number of alkyl halides is 3. The third-order valence-corrected chi connectivity index (χ3v) is 4.18. The van der Waals surface area contributed by atoms with Crippen LogP contribution in [0.25, 0.3) is 0 Å². The van der Waals surface area contributed by atoms with Crippen LogP contribution in [0.3, 0.4) is 0 Å². The van der Waals surface area contributed by atoms with Gasteiger partial charge >= 0.3 is 6.18 Å². The molecule has 1 N–H and O–H groups in total. The van der Waals surface area contributed by atoms with E-state index in [2.05, 4.69) is 5.32 Å². The van der Waals surface area contributed by atoms with Crippen molar-refractivity contribution in [2.45, 2.75) is 56.8 Å². The highest BCUT2D eigenvalue weighted by Crippen LogP contribution is 2.21. The number of hydrogen-bond donors (Lipinski definition) is 1. The van der Waals surface area contributed by atoms with E-state index in [4.69, 9.17) is 4.74 Å². The number of nitrogens with one attached hydrogen (secondary N) is 1. The number of likely N-dealkylation sites (tertiary alicyclic amines) is 1. The maximum absolute atomic E-state index is 12.3. The Balaban J connectivity index is 1.51. The number of ether oxygens (including phenoxy) is 1. The van der Waals surface area contributed by atoms with Crippen LogP contribution in [0.15, 0.2) is 0 Å². The lowest BCUT2D eigenvalue weighted by Crippen LogP contribution is -2.46. The Kier molecular flexibility index (Phi) is 6.11. The average molecular weight is 294 g/mol. The Hall–Kier alpha value is -0.330. The first-order chi connectivity index (χ1) is 9.53. The smallest absolute Gasteiger partial charge is 0.377 e. The summed E-state index contributed by atoms with van der Waals surface area (Å²) in [4.78, 5) is 1.49. The van der Waals surface area contributed by atoms with Gasteiger partial charge in [0, 0.05) is 12.6 Å².